The van der Waals surface area contributed by atoms with Gasteiger partial charge in [0.25, 0.3) is 0 Å². The summed E-state index contributed by atoms with van der Waals surface area (Å²) >= 11 is 0. The summed E-state index contributed by atoms with van der Waals surface area (Å²) in [4.78, 5) is 25.6. The maximum Gasteiger partial charge on any atom is 0.223 e. The number of ether oxygens (including phenoxy) is 2. The lowest BCUT2D eigenvalue weighted by atomic mass is 9.88. The molecule has 6 heteroatoms. The number of hydrogen-bond donors (Lipinski definition) is 1. The highest BCUT2D eigenvalue weighted by molar-refractivity contribution is 5.79. The van der Waals surface area contributed by atoms with Gasteiger partial charge in [0.1, 0.15) is 0 Å². The maximum atomic E-state index is 12.4. The fourth-order valence-corrected chi connectivity index (χ4v) is 3.77. The number of fused-ring (bicyclic) bond motifs is 1. The van der Waals surface area contributed by atoms with Crippen molar-refractivity contribution in [3.05, 3.63) is 0 Å². The summed E-state index contributed by atoms with van der Waals surface area (Å²) in [6.45, 7) is 4.32. The summed E-state index contributed by atoms with van der Waals surface area (Å²) in [5.41, 5.74) is 0. The molecule has 1 N–H and O–H groups in total. The van der Waals surface area contributed by atoms with Crippen molar-refractivity contribution in [1.82, 2.24) is 10.2 Å². The Morgan fingerprint density at radius 3 is 2.36 bits per heavy atom. The molecule has 22 heavy (non-hydrogen) atoms. The molecular formula is C16H26N2O4. The number of nitrogens with zero attached hydrogens (tertiary/aromatic N) is 1. The molecule has 3 aliphatic rings. The van der Waals surface area contributed by atoms with Crippen molar-refractivity contribution in [3.63, 3.8) is 0 Å². The van der Waals surface area contributed by atoms with Crippen LogP contribution in [0.2, 0.25) is 0 Å². The molecule has 2 heterocycles. The molecule has 124 valence electrons. The predicted octanol–water partition coefficient (Wildman–Crippen LogP) is 0.698. The highest BCUT2D eigenvalue weighted by Gasteiger charge is 2.35. The number of nitrogens with one attached hydrogen (secondary N) is 1. The molecule has 0 aromatic rings. The molecule has 0 bridgehead atoms. The molecule has 6 nitrogen and oxygen atoms in total. The molecule has 0 radical (unpaired) electrons. The zero-order chi connectivity index (χ0) is 15.5. The Kier molecular flexibility index (Phi) is 4.98. The summed E-state index contributed by atoms with van der Waals surface area (Å²) in [6, 6.07) is 0.196. The van der Waals surface area contributed by atoms with E-state index in [1.807, 2.05) is 4.90 Å². The number of rotatable bonds is 2. The molecule has 1 aliphatic carbocycles. The van der Waals surface area contributed by atoms with Crippen LogP contribution in [0, 0.1) is 5.92 Å². The second kappa shape index (κ2) is 6.96. The Morgan fingerprint density at radius 1 is 1.00 bits per heavy atom. The van der Waals surface area contributed by atoms with Gasteiger partial charge in [0.05, 0.1) is 25.4 Å². The van der Waals surface area contributed by atoms with E-state index in [1.165, 1.54) is 0 Å². The zero-order valence-electron chi connectivity index (χ0n) is 13.3. The topological polar surface area (TPSA) is 67.9 Å². The normalized spacial score (nSPS) is 33.1. The van der Waals surface area contributed by atoms with Crippen molar-refractivity contribution in [2.75, 3.05) is 26.3 Å². The summed E-state index contributed by atoms with van der Waals surface area (Å²) in [7, 11) is 0. The number of carbonyl (C=O) groups is 2. The monoisotopic (exact) mass is 310 g/mol. The summed E-state index contributed by atoms with van der Waals surface area (Å²) in [5, 5.41) is 3.19. The third-order valence-electron chi connectivity index (χ3n) is 5.14. The number of carbonyl (C=O) groups excluding carboxylic acids is 2. The van der Waals surface area contributed by atoms with Gasteiger partial charge in [0.2, 0.25) is 11.8 Å². The van der Waals surface area contributed by atoms with E-state index >= 15 is 0 Å². The van der Waals surface area contributed by atoms with Gasteiger partial charge in [-0.05, 0) is 32.1 Å². The van der Waals surface area contributed by atoms with Gasteiger partial charge in [-0.3, -0.25) is 9.59 Å². The molecule has 2 amide bonds. The van der Waals surface area contributed by atoms with Gasteiger partial charge >= 0.3 is 0 Å². The van der Waals surface area contributed by atoms with E-state index in [1.54, 1.807) is 6.92 Å². The minimum absolute atomic E-state index is 0.0387. The minimum Gasteiger partial charge on any atom is -0.373 e. The first-order chi connectivity index (χ1) is 10.6. The van der Waals surface area contributed by atoms with Crippen molar-refractivity contribution in [3.8, 4) is 0 Å². The van der Waals surface area contributed by atoms with Gasteiger partial charge in [-0.1, -0.05) is 0 Å². The van der Waals surface area contributed by atoms with Crippen LogP contribution in [0.25, 0.3) is 0 Å². The van der Waals surface area contributed by atoms with E-state index < -0.39 is 0 Å². The highest BCUT2D eigenvalue weighted by atomic mass is 16.6. The van der Waals surface area contributed by atoms with Gasteiger partial charge in [-0.25, -0.2) is 0 Å². The lowest BCUT2D eigenvalue weighted by molar-refractivity contribution is -0.159. The Labute approximate surface area is 131 Å². The second-order valence-corrected chi connectivity index (χ2v) is 6.62. The van der Waals surface area contributed by atoms with Gasteiger partial charge in [-0.15, -0.1) is 0 Å². The van der Waals surface area contributed by atoms with Gasteiger partial charge < -0.3 is 19.7 Å². The third-order valence-corrected chi connectivity index (χ3v) is 5.14. The molecule has 3 atom stereocenters. The summed E-state index contributed by atoms with van der Waals surface area (Å²) in [6.07, 6.45) is 4.64. The molecule has 3 rings (SSSR count). The molecule has 2 saturated heterocycles. The fraction of sp³-hybridized carbons (Fsp3) is 0.875. The average molecular weight is 310 g/mol. The standard InChI is InChI=1S/C16H26N2O4/c1-11(19)18-6-4-12(5-7-18)16(20)17-13-2-3-14-15(10-13)22-9-8-21-14/h12-15H,2-10H2,1H3,(H,17,20)/t13-,14+,15+/m1/s1. The lowest BCUT2D eigenvalue weighted by Gasteiger charge is -2.39. The van der Waals surface area contributed by atoms with E-state index in [0.717, 1.165) is 32.1 Å². The van der Waals surface area contributed by atoms with Crippen molar-refractivity contribution < 1.29 is 19.1 Å². The largest absolute Gasteiger partial charge is 0.373 e. The van der Waals surface area contributed by atoms with Crippen LogP contribution < -0.4 is 5.32 Å². The van der Waals surface area contributed by atoms with Crippen molar-refractivity contribution in [1.29, 1.82) is 0 Å². The Hall–Kier alpha value is -1.14. The quantitative estimate of drug-likeness (QED) is 0.815. The molecule has 0 aromatic carbocycles. The second-order valence-electron chi connectivity index (χ2n) is 6.62. The zero-order valence-corrected chi connectivity index (χ0v) is 13.3. The molecule has 0 aromatic heterocycles. The summed E-state index contributed by atoms with van der Waals surface area (Å²) < 4.78 is 11.5. The van der Waals surface area contributed by atoms with Crippen LogP contribution >= 0.6 is 0 Å². The lowest BCUT2D eigenvalue weighted by Crippen LogP contribution is -2.51. The fourth-order valence-electron chi connectivity index (χ4n) is 3.77. The van der Waals surface area contributed by atoms with Crippen LogP contribution in [0.5, 0.6) is 0 Å². The van der Waals surface area contributed by atoms with Crippen LogP contribution in [0.15, 0.2) is 0 Å². The van der Waals surface area contributed by atoms with Gasteiger partial charge in [0.15, 0.2) is 0 Å². The van der Waals surface area contributed by atoms with Crippen LogP contribution in [-0.2, 0) is 19.1 Å². The van der Waals surface area contributed by atoms with Crippen LogP contribution in [-0.4, -0.2) is 61.3 Å². The third kappa shape index (κ3) is 3.60. The van der Waals surface area contributed by atoms with E-state index in [2.05, 4.69) is 5.32 Å². The van der Waals surface area contributed by atoms with Crippen LogP contribution in [0.1, 0.15) is 39.0 Å². The number of likely N-dealkylation sites (tertiary alicyclic amines) is 1. The Morgan fingerprint density at radius 2 is 1.68 bits per heavy atom. The number of hydrogen-bond acceptors (Lipinski definition) is 4. The van der Waals surface area contributed by atoms with E-state index in [4.69, 9.17) is 9.47 Å². The first-order valence-electron chi connectivity index (χ1n) is 8.42. The van der Waals surface area contributed by atoms with Crippen LogP contribution in [0.4, 0.5) is 0 Å². The maximum absolute atomic E-state index is 12.4. The van der Waals surface area contributed by atoms with E-state index in [9.17, 15) is 9.59 Å². The molecule has 3 fully saturated rings. The van der Waals surface area contributed by atoms with E-state index in [0.29, 0.717) is 26.3 Å². The van der Waals surface area contributed by atoms with Gasteiger partial charge in [-0.2, -0.15) is 0 Å². The van der Waals surface area contributed by atoms with E-state index in [-0.39, 0.29) is 36.0 Å². The summed E-state index contributed by atoms with van der Waals surface area (Å²) in [5.74, 6) is 0.284. The van der Waals surface area contributed by atoms with Crippen LogP contribution in [0.3, 0.4) is 0 Å². The molecule has 0 unspecified atom stereocenters. The molecule has 2 aliphatic heterocycles. The van der Waals surface area contributed by atoms with Gasteiger partial charge in [0, 0.05) is 32.0 Å². The first kappa shape index (κ1) is 15.7. The minimum atomic E-state index is 0.0387. The predicted molar refractivity (Wildman–Crippen MR) is 80.2 cm³/mol. The molecule has 1 saturated carbocycles. The smallest absolute Gasteiger partial charge is 0.223 e. The number of piperidine rings is 1. The number of amides is 2. The molecule has 0 spiro atoms. The molecular weight excluding hydrogens is 284 g/mol. The Balaban J connectivity index is 1.45. The van der Waals surface area contributed by atoms with Crippen molar-refractivity contribution >= 4 is 11.8 Å². The van der Waals surface area contributed by atoms with Crippen molar-refractivity contribution in [2.24, 2.45) is 5.92 Å². The van der Waals surface area contributed by atoms with Crippen molar-refractivity contribution in [2.45, 2.75) is 57.3 Å². The Bertz CT molecular complexity index is 420. The highest BCUT2D eigenvalue weighted by Crippen LogP contribution is 2.27. The first-order valence-corrected chi connectivity index (χ1v) is 8.42. The average Bonchev–Trinajstić information content (AvgIpc) is 2.55. The SMILES string of the molecule is CC(=O)N1CCC(C(=O)N[C@@H]2CC[C@@H]3OCCO[C@H]3C2)CC1.